The normalized spacial score (nSPS) is 11.8. The van der Waals surface area contributed by atoms with E-state index >= 15 is 0 Å². The van der Waals surface area contributed by atoms with Crippen molar-refractivity contribution in [2.24, 2.45) is 0 Å². The summed E-state index contributed by atoms with van der Waals surface area (Å²) in [5.74, 6) is 3.10. The molecule has 0 aliphatic carbocycles. The van der Waals surface area contributed by atoms with E-state index in [2.05, 4.69) is 76.2 Å². The predicted octanol–water partition coefficient (Wildman–Crippen LogP) is 7.17. The van der Waals surface area contributed by atoms with Gasteiger partial charge in [0.1, 0.15) is 42.3 Å². The maximum atomic E-state index is 10.5. The first-order valence-electron chi connectivity index (χ1n) is 13.6. The zero-order valence-corrected chi connectivity index (χ0v) is 24.3. The van der Waals surface area contributed by atoms with Crippen LogP contribution in [0.2, 0.25) is 0 Å². The van der Waals surface area contributed by atoms with E-state index in [0.29, 0.717) is 11.5 Å². The molecule has 1 N–H and O–H groups in total. The van der Waals surface area contributed by atoms with Crippen molar-refractivity contribution in [3.63, 3.8) is 0 Å². The van der Waals surface area contributed by atoms with Gasteiger partial charge in [0, 0.05) is 10.8 Å². The first-order valence-corrected chi connectivity index (χ1v) is 13.6. The van der Waals surface area contributed by atoms with Crippen molar-refractivity contribution in [2.45, 2.75) is 44.6 Å². The number of aliphatic hydroxyl groups excluding tert-OH is 1. The minimum atomic E-state index is -0.758. The first-order chi connectivity index (χ1) is 19.1. The van der Waals surface area contributed by atoms with Crippen LogP contribution >= 0.6 is 0 Å². The van der Waals surface area contributed by atoms with Crippen LogP contribution in [0.3, 0.4) is 0 Å². The van der Waals surface area contributed by atoms with Gasteiger partial charge in [-0.2, -0.15) is 0 Å². The summed E-state index contributed by atoms with van der Waals surface area (Å²) >= 11 is 0. The fourth-order valence-corrected chi connectivity index (χ4v) is 4.72. The van der Waals surface area contributed by atoms with Gasteiger partial charge in [-0.05, 0) is 70.8 Å². The highest BCUT2D eigenvalue weighted by atomic mass is 16.5. The Morgan fingerprint density at radius 1 is 0.475 bits per heavy atom. The highest BCUT2D eigenvalue weighted by Gasteiger charge is 2.24. The Hall–Kier alpha value is -3.96. The van der Waals surface area contributed by atoms with Crippen LogP contribution in [0, 0.1) is 0 Å². The summed E-state index contributed by atoms with van der Waals surface area (Å²) in [6, 6.07) is 32.3. The van der Waals surface area contributed by atoms with Crippen molar-refractivity contribution in [3.8, 4) is 23.0 Å². The number of methoxy groups -OCH3 is 2. The summed E-state index contributed by atoms with van der Waals surface area (Å²) in [5, 5.41) is 10.5. The van der Waals surface area contributed by atoms with Gasteiger partial charge in [0.25, 0.3) is 0 Å². The zero-order valence-electron chi connectivity index (χ0n) is 24.3. The largest absolute Gasteiger partial charge is 0.497 e. The minimum Gasteiger partial charge on any atom is -0.497 e. The van der Waals surface area contributed by atoms with Gasteiger partial charge in [-0.15, -0.1) is 0 Å². The minimum absolute atomic E-state index is 0.143. The standard InChI is InChI=1S/C35H40O5/c1-34(2,25-7-15-30(37-5)16-8-25)27-11-19-32(20-12-27)39-23-29(36)24-40-33-21-13-28(14-22-33)35(3,4)26-9-17-31(38-6)18-10-26/h7-22,29,36H,23-24H2,1-6H3. The van der Waals surface area contributed by atoms with Crippen LogP contribution < -0.4 is 18.9 Å². The Morgan fingerprint density at radius 2 is 0.725 bits per heavy atom. The lowest BCUT2D eigenvalue weighted by Gasteiger charge is -2.26. The van der Waals surface area contributed by atoms with Crippen LogP contribution in [0.25, 0.3) is 0 Å². The SMILES string of the molecule is COc1ccc(C(C)(C)c2ccc(OCC(O)COc3ccc(C(C)(C)c4ccc(OC)cc4)cc3)cc2)cc1. The molecule has 4 rings (SSSR count). The maximum Gasteiger partial charge on any atom is 0.122 e. The quantitative estimate of drug-likeness (QED) is 0.206. The van der Waals surface area contributed by atoms with Crippen LogP contribution in [0.5, 0.6) is 23.0 Å². The van der Waals surface area contributed by atoms with Gasteiger partial charge < -0.3 is 24.1 Å². The Balaban J connectivity index is 1.27. The van der Waals surface area contributed by atoms with Crippen LogP contribution in [0.15, 0.2) is 97.1 Å². The lowest BCUT2D eigenvalue weighted by molar-refractivity contribution is 0.0626. The molecule has 40 heavy (non-hydrogen) atoms. The molecule has 0 heterocycles. The Labute approximate surface area is 238 Å². The van der Waals surface area contributed by atoms with Gasteiger partial charge in [0.15, 0.2) is 0 Å². The third kappa shape index (κ3) is 6.78. The summed E-state index contributed by atoms with van der Waals surface area (Å²) in [7, 11) is 3.34. The fourth-order valence-electron chi connectivity index (χ4n) is 4.72. The van der Waals surface area contributed by atoms with E-state index in [0.717, 1.165) is 11.5 Å². The highest BCUT2D eigenvalue weighted by Crippen LogP contribution is 2.34. The van der Waals surface area contributed by atoms with Gasteiger partial charge in [-0.25, -0.2) is 0 Å². The second-order valence-electron chi connectivity index (χ2n) is 11.0. The van der Waals surface area contributed by atoms with Crippen molar-refractivity contribution in [1.29, 1.82) is 0 Å². The van der Waals surface area contributed by atoms with Crippen LogP contribution in [0.1, 0.15) is 49.9 Å². The van der Waals surface area contributed by atoms with Crippen LogP contribution in [-0.4, -0.2) is 38.6 Å². The van der Waals surface area contributed by atoms with Crippen molar-refractivity contribution < 1.29 is 24.1 Å². The van der Waals surface area contributed by atoms with Gasteiger partial charge in [0.2, 0.25) is 0 Å². The molecule has 5 nitrogen and oxygen atoms in total. The molecule has 210 valence electrons. The number of hydrogen-bond donors (Lipinski definition) is 1. The van der Waals surface area contributed by atoms with E-state index in [1.807, 2.05) is 48.5 Å². The van der Waals surface area contributed by atoms with Gasteiger partial charge >= 0.3 is 0 Å². The molecule has 0 radical (unpaired) electrons. The summed E-state index contributed by atoms with van der Waals surface area (Å²) in [6.45, 7) is 9.06. The number of ether oxygens (including phenoxy) is 4. The van der Waals surface area contributed by atoms with Crippen LogP contribution in [0.4, 0.5) is 0 Å². The number of benzene rings is 4. The number of rotatable bonds is 12. The second kappa shape index (κ2) is 12.5. The Bertz CT molecular complexity index is 1230. The molecule has 0 aliphatic rings. The molecule has 4 aromatic carbocycles. The van der Waals surface area contributed by atoms with Crippen molar-refractivity contribution in [3.05, 3.63) is 119 Å². The monoisotopic (exact) mass is 540 g/mol. The molecular formula is C35H40O5. The van der Waals surface area contributed by atoms with Crippen molar-refractivity contribution in [2.75, 3.05) is 27.4 Å². The lowest BCUT2D eigenvalue weighted by Crippen LogP contribution is -2.25. The first kappa shape index (κ1) is 29.0. The highest BCUT2D eigenvalue weighted by molar-refractivity contribution is 5.43. The second-order valence-corrected chi connectivity index (χ2v) is 11.0. The molecule has 0 aromatic heterocycles. The average Bonchev–Trinajstić information content (AvgIpc) is 2.99. The number of aliphatic hydroxyl groups is 1. The smallest absolute Gasteiger partial charge is 0.122 e. The van der Waals surface area contributed by atoms with E-state index in [9.17, 15) is 5.11 Å². The zero-order chi connectivity index (χ0) is 28.8. The molecule has 4 aromatic rings. The van der Waals surface area contributed by atoms with E-state index in [4.69, 9.17) is 18.9 Å². The summed E-state index contributed by atoms with van der Waals surface area (Å²) in [6.07, 6.45) is -0.758. The number of hydrogen-bond acceptors (Lipinski definition) is 5. The van der Waals surface area contributed by atoms with E-state index < -0.39 is 6.10 Å². The molecule has 0 aliphatic heterocycles. The molecule has 0 bridgehead atoms. The van der Waals surface area contributed by atoms with Crippen molar-refractivity contribution >= 4 is 0 Å². The third-order valence-electron chi connectivity index (χ3n) is 7.66. The van der Waals surface area contributed by atoms with Crippen molar-refractivity contribution in [1.82, 2.24) is 0 Å². The van der Waals surface area contributed by atoms with Gasteiger partial charge in [-0.1, -0.05) is 76.2 Å². The van der Waals surface area contributed by atoms with Gasteiger partial charge in [0.05, 0.1) is 14.2 Å². The average molecular weight is 541 g/mol. The predicted molar refractivity (Wildman–Crippen MR) is 160 cm³/mol. The summed E-state index contributed by atoms with van der Waals surface area (Å²) in [4.78, 5) is 0. The summed E-state index contributed by atoms with van der Waals surface area (Å²) < 4.78 is 22.2. The molecular weight excluding hydrogens is 500 g/mol. The molecule has 5 heteroatoms. The maximum absolute atomic E-state index is 10.5. The van der Waals surface area contributed by atoms with Crippen LogP contribution in [-0.2, 0) is 10.8 Å². The molecule has 0 saturated heterocycles. The molecule has 0 saturated carbocycles. The third-order valence-corrected chi connectivity index (χ3v) is 7.66. The topological polar surface area (TPSA) is 57.2 Å². The molecule has 0 atom stereocenters. The van der Waals surface area contributed by atoms with E-state index in [1.165, 1.54) is 22.3 Å². The molecule has 0 spiro atoms. The Kier molecular flexibility index (Phi) is 9.06. The fraction of sp³-hybridized carbons (Fsp3) is 0.314. The lowest BCUT2D eigenvalue weighted by atomic mass is 9.78. The molecule has 0 unspecified atom stereocenters. The molecule has 0 amide bonds. The van der Waals surface area contributed by atoms with E-state index in [1.54, 1.807) is 14.2 Å². The van der Waals surface area contributed by atoms with E-state index in [-0.39, 0.29) is 24.0 Å². The Morgan fingerprint density at radius 3 is 0.975 bits per heavy atom. The molecule has 0 fully saturated rings. The summed E-state index contributed by atoms with van der Waals surface area (Å²) in [5.41, 5.74) is 4.41. The van der Waals surface area contributed by atoms with Gasteiger partial charge in [-0.3, -0.25) is 0 Å².